The maximum atomic E-state index is 12.0. The number of carbonyl (C=O) groups excluding carboxylic acids is 1. The summed E-state index contributed by atoms with van der Waals surface area (Å²) in [7, 11) is 0. The molecule has 1 saturated heterocycles. The van der Waals surface area contributed by atoms with Crippen LogP contribution in [-0.2, 0) is 4.79 Å². The van der Waals surface area contributed by atoms with E-state index in [0.29, 0.717) is 19.6 Å². The lowest BCUT2D eigenvalue weighted by Crippen LogP contribution is -2.47. The second-order valence-corrected chi connectivity index (χ2v) is 4.51. The highest BCUT2D eigenvalue weighted by Crippen LogP contribution is 2.08. The third-order valence-corrected chi connectivity index (χ3v) is 2.95. The first kappa shape index (κ1) is 13.9. The minimum atomic E-state index is 0.124. The van der Waals surface area contributed by atoms with Gasteiger partial charge in [-0.3, -0.25) is 9.69 Å². The van der Waals surface area contributed by atoms with Gasteiger partial charge in [0, 0.05) is 25.7 Å². The van der Waals surface area contributed by atoms with Crippen LogP contribution in [0.15, 0.2) is 25.3 Å². The number of likely N-dealkylation sites (tertiary alicyclic amines) is 1. The van der Waals surface area contributed by atoms with E-state index in [-0.39, 0.29) is 11.9 Å². The fraction of sp³-hybridized carbons (Fsp3) is 0.615. The van der Waals surface area contributed by atoms with Gasteiger partial charge in [0.05, 0.1) is 6.54 Å². The fourth-order valence-electron chi connectivity index (χ4n) is 2.12. The molecule has 0 aromatic rings. The Kier molecular flexibility index (Phi) is 5.94. The molecule has 1 aliphatic heterocycles. The van der Waals surface area contributed by atoms with E-state index in [1.54, 1.807) is 17.1 Å². The zero-order valence-electron chi connectivity index (χ0n) is 10.5. The standard InChI is InChI=1S/C13H23N3O/c1-3-7-16(8-4-2)13(17)11-15-9-5-6-12(14)10-15/h3-4,12H,1-2,5-11,14H2. The van der Waals surface area contributed by atoms with Crippen molar-refractivity contribution in [2.24, 2.45) is 5.73 Å². The molecule has 96 valence electrons. The summed E-state index contributed by atoms with van der Waals surface area (Å²) in [5, 5.41) is 0. The summed E-state index contributed by atoms with van der Waals surface area (Å²) in [5.41, 5.74) is 5.90. The van der Waals surface area contributed by atoms with Gasteiger partial charge in [-0.15, -0.1) is 13.2 Å². The smallest absolute Gasteiger partial charge is 0.237 e. The van der Waals surface area contributed by atoms with E-state index in [1.165, 1.54) is 0 Å². The molecule has 0 spiro atoms. The van der Waals surface area contributed by atoms with Crippen LogP contribution in [-0.4, -0.2) is 54.5 Å². The summed E-state index contributed by atoms with van der Waals surface area (Å²) in [5.74, 6) is 0.124. The minimum Gasteiger partial charge on any atom is -0.334 e. The van der Waals surface area contributed by atoms with E-state index in [9.17, 15) is 4.79 Å². The summed E-state index contributed by atoms with van der Waals surface area (Å²) in [6, 6.07) is 0.212. The van der Waals surface area contributed by atoms with Gasteiger partial charge in [-0.1, -0.05) is 12.2 Å². The molecule has 1 unspecified atom stereocenters. The molecule has 1 atom stereocenters. The fourth-order valence-corrected chi connectivity index (χ4v) is 2.12. The van der Waals surface area contributed by atoms with Crippen LogP contribution >= 0.6 is 0 Å². The molecule has 1 amide bonds. The number of carbonyl (C=O) groups is 1. The Morgan fingerprint density at radius 1 is 1.41 bits per heavy atom. The Labute approximate surface area is 104 Å². The summed E-state index contributed by atoms with van der Waals surface area (Å²) in [6.07, 6.45) is 5.62. The summed E-state index contributed by atoms with van der Waals surface area (Å²) < 4.78 is 0. The topological polar surface area (TPSA) is 49.6 Å². The number of piperidine rings is 1. The second kappa shape index (κ2) is 7.25. The summed E-state index contributed by atoms with van der Waals surface area (Å²) in [6.45, 7) is 10.7. The molecule has 0 bridgehead atoms. The first-order valence-corrected chi connectivity index (χ1v) is 6.15. The third-order valence-electron chi connectivity index (χ3n) is 2.95. The van der Waals surface area contributed by atoms with Crippen molar-refractivity contribution in [3.8, 4) is 0 Å². The molecule has 4 nitrogen and oxygen atoms in total. The van der Waals surface area contributed by atoms with Crippen LogP contribution in [0.3, 0.4) is 0 Å². The maximum Gasteiger partial charge on any atom is 0.237 e. The molecular formula is C13H23N3O. The molecule has 0 aromatic heterocycles. The van der Waals surface area contributed by atoms with E-state index in [4.69, 9.17) is 5.73 Å². The number of hydrogen-bond acceptors (Lipinski definition) is 3. The van der Waals surface area contributed by atoms with Crippen LogP contribution in [0, 0.1) is 0 Å². The number of rotatable bonds is 6. The normalized spacial score (nSPS) is 20.9. The van der Waals surface area contributed by atoms with Gasteiger partial charge >= 0.3 is 0 Å². The largest absolute Gasteiger partial charge is 0.334 e. The third kappa shape index (κ3) is 4.71. The lowest BCUT2D eigenvalue weighted by Gasteiger charge is -2.31. The van der Waals surface area contributed by atoms with E-state index in [0.717, 1.165) is 25.9 Å². The molecular weight excluding hydrogens is 214 g/mol. The molecule has 1 fully saturated rings. The van der Waals surface area contributed by atoms with Crippen LogP contribution in [0.4, 0.5) is 0 Å². The monoisotopic (exact) mass is 237 g/mol. The summed E-state index contributed by atoms with van der Waals surface area (Å²) >= 11 is 0. The first-order chi connectivity index (χ1) is 8.17. The molecule has 0 saturated carbocycles. The lowest BCUT2D eigenvalue weighted by molar-refractivity contribution is -0.131. The number of amides is 1. The SMILES string of the molecule is C=CCN(CC=C)C(=O)CN1CCCC(N)C1. The van der Waals surface area contributed by atoms with Gasteiger partial charge in [0.2, 0.25) is 5.91 Å². The Balaban J connectivity index is 2.44. The molecule has 4 heteroatoms. The molecule has 1 aliphatic rings. The first-order valence-electron chi connectivity index (χ1n) is 6.15. The van der Waals surface area contributed by atoms with E-state index < -0.39 is 0 Å². The molecule has 17 heavy (non-hydrogen) atoms. The minimum absolute atomic E-state index is 0.124. The molecule has 2 N–H and O–H groups in total. The van der Waals surface area contributed by atoms with Crippen molar-refractivity contribution < 1.29 is 4.79 Å². The molecule has 0 aromatic carbocycles. The average molecular weight is 237 g/mol. The number of nitrogens with zero attached hydrogens (tertiary/aromatic N) is 2. The summed E-state index contributed by atoms with van der Waals surface area (Å²) in [4.78, 5) is 15.9. The van der Waals surface area contributed by atoms with Crippen molar-refractivity contribution in [1.29, 1.82) is 0 Å². The van der Waals surface area contributed by atoms with Crippen LogP contribution in [0.5, 0.6) is 0 Å². The van der Waals surface area contributed by atoms with Crippen molar-refractivity contribution in [3.63, 3.8) is 0 Å². The predicted octanol–water partition coefficient (Wildman–Crippen LogP) is 0.610. The quantitative estimate of drug-likeness (QED) is 0.689. The molecule has 0 aliphatic carbocycles. The van der Waals surface area contributed by atoms with Gasteiger partial charge in [0.1, 0.15) is 0 Å². The van der Waals surface area contributed by atoms with E-state index >= 15 is 0 Å². The van der Waals surface area contributed by atoms with Crippen LogP contribution in [0.1, 0.15) is 12.8 Å². The van der Waals surface area contributed by atoms with Gasteiger partial charge in [-0.25, -0.2) is 0 Å². The maximum absolute atomic E-state index is 12.0. The van der Waals surface area contributed by atoms with Crippen LogP contribution in [0.2, 0.25) is 0 Å². The van der Waals surface area contributed by atoms with Crippen molar-refractivity contribution in [3.05, 3.63) is 25.3 Å². The van der Waals surface area contributed by atoms with Gasteiger partial charge in [-0.05, 0) is 19.4 Å². The average Bonchev–Trinajstić information content (AvgIpc) is 2.28. The van der Waals surface area contributed by atoms with Gasteiger partial charge in [0.25, 0.3) is 0 Å². The molecule has 1 heterocycles. The Bertz CT molecular complexity index is 268. The lowest BCUT2D eigenvalue weighted by atomic mass is 10.1. The Morgan fingerprint density at radius 3 is 2.59 bits per heavy atom. The zero-order valence-corrected chi connectivity index (χ0v) is 10.5. The zero-order chi connectivity index (χ0) is 12.7. The number of nitrogens with two attached hydrogens (primary N) is 1. The highest BCUT2D eigenvalue weighted by atomic mass is 16.2. The van der Waals surface area contributed by atoms with Gasteiger partial charge in [-0.2, -0.15) is 0 Å². The predicted molar refractivity (Wildman–Crippen MR) is 70.6 cm³/mol. The van der Waals surface area contributed by atoms with Crippen LogP contribution < -0.4 is 5.73 Å². The highest BCUT2D eigenvalue weighted by Gasteiger charge is 2.20. The second-order valence-electron chi connectivity index (χ2n) is 4.51. The van der Waals surface area contributed by atoms with E-state index in [2.05, 4.69) is 18.1 Å². The van der Waals surface area contributed by atoms with Crippen molar-refractivity contribution in [2.45, 2.75) is 18.9 Å². The Hall–Kier alpha value is -1.13. The highest BCUT2D eigenvalue weighted by molar-refractivity contribution is 5.78. The van der Waals surface area contributed by atoms with Crippen molar-refractivity contribution in [2.75, 3.05) is 32.7 Å². The van der Waals surface area contributed by atoms with E-state index in [1.807, 2.05) is 0 Å². The van der Waals surface area contributed by atoms with Crippen LogP contribution in [0.25, 0.3) is 0 Å². The molecule has 1 rings (SSSR count). The van der Waals surface area contributed by atoms with Gasteiger partial charge in [0.15, 0.2) is 0 Å². The Morgan fingerprint density at radius 2 is 2.06 bits per heavy atom. The molecule has 0 radical (unpaired) electrons. The van der Waals surface area contributed by atoms with Gasteiger partial charge < -0.3 is 10.6 Å². The number of hydrogen-bond donors (Lipinski definition) is 1. The van der Waals surface area contributed by atoms with Crippen molar-refractivity contribution in [1.82, 2.24) is 9.80 Å². The van der Waals surface area contributed by atoms with Crippen molar-refractivity contribution >= 4 is 5.91 Å².